The van der Waals surface area contributed by atoms with E-state index >= 15 is 0 Å². The van der Waals surface area contributed by atoms with E-state index in [4.69, 9.17) is 0 Å². The minimum atomic E-state index is -0.316. The third kappa shape index (κ3) is 2.92. The Morgan fingerprint density at radius 3 is 2.30 bits per heavy atom. The molecule has 1 heterocycles. The highest BCUT2D eigenvalue weighted by Gasteiger charge is 2.43. The third-order valence-corrected chi connectivity index (χ3v) is 6.59. The molecule has 1 aliphatic rings. The standard InChI is InChI=1S/C16H25NOP2/c1-15(2,3)12-6-8-13(9-7-12)16(4)10-11-17(14(16)18)20-19-5/h6-9,19-20H,10-11H2,1-5H3/t16-/m0/s1. The molecule has 2 unspecified atom stereocenters. The Morgan fingerprint density at radius 2 is 1.80 bits per heavy atom. The van der Waals surface area contributed by atoms with E-state index in [1.165, 1.54) is 11.1 Å². The number of nitrogens with zero attached hydrogens (tertiary/aromatic N) is 1. The van der Waals surface area contributed by atoms with Gasteiger partial charge in [-0.2, -0.15) is 0 Å². The van der Waals surface area contributed by atoms with Gasteiger partial charge in [0.2, 0.25) is 5.91 Å². The predicted octanol–water partition coefficient (Wildman–Crippen LogP) is 4.29. The van der Waals surface area contributed by atoms with Gasteiger partial charge in [0.25, 0.3) is 0 Å². The average molecular weight is 309 g/mol. The van der Waals surface area contributed by atoms with Crippen LogP contribution in [0.2, 0.25) is 0 Å². The van der Waals surface area contributed by atoms with Gasteiger partial charge in [-0.3, -0.25) is 4.79 Å². The number of rotatable bonds is 3. The summed E-state index contributed by atoms with van der Waals surface area (Å²) in [6.07, 6.45) is 0.943. The summed E-state index contributed by atoms with van der Waals surface area (Å²) in [4.78, 5) is 12.6. The van der Waals surface area contributed by atoms with Gasteiger partial charge in [0.05, 0.1) is 5.41 Å². The fourth-order valence-electron chi connectivity index (χ4n) is 2.69. The van der Waals surface area contributed by atoms with Crippen molar-refractivity contribution in [2.24, 2.45) is 0 Å². The van der Waals surface area contributed by atoms with E-state index in [9.17, 15) is 4.79 Å². The van der Waals surface area contributed by atoms with Crippen LogP contribution in [0, 0.1) is 0 Å². The zero-order chi connectivity index (χ0) is 15.0. The molecule has 1 fully saturated rings. The van der Waals surface area contributed by atoms with Crippen LogP contribution in [0.1, 0.15) is 45.2 Å². The molecule has 1 saturated heterocycles. The molecule has 2 nitrogen and oxygen atoms in total. The third-order valence-electron chi connectivity index (χ3n) is 4.19. The van der Waals surface area contributed by atoms with E-state index in [1.54, 1.807) is 0 Å². The van der Waals surface area contributed by atoms with Gasteiger partial charge in [-0.1, -0.05) is 53.3 Å². The SMILES string of the molecule is CPPN1CC[C@@](C)(c2ccc(C(C)(C)C)cc2)C1=O. The van der Waals surface area contributed by atoms with E-state index in [-0.39, 0.29) is 10.8 Å². The lowest BCUT2D eigenvalue weighted by molar-refractivity contribution is -0.127. The van der Waals surface area contributed by atoms with E-state index in [1.807, 2.05) is 0 Å². The first kappa shape index (κ1) is 15.9. The summed E-state index contributed by atoms with van der Waals surface area (Å²) >= 11 is 0. The van der Waals surface area contributed by atoms with Crippen molar-refractivity contribution in [3.8, 4) is 0 Å². The van der Waals surface area contributed by atoms with Crippen LogP contribution >= 0.6 is 16.7 Å². The summed E-state index contributed by atoms with van der Waals surface area (Å²) < 4.78 is 2.05. The molecule has 0 aromatic heterocycles. The molecule has 2 rings (SSSR count). The molecule has 1 aliphatic heterocycles. The number of amides is 1. The highest BCUT2D eigenvalue weighted by Crippen LogP contribution is 2.46. The van der Waals surface area contributed by atoms with Crippen molar-refractivity contribution in [2.45, 2.75) is 44.9 Å². The minimum Gasteiger partial charge on any atom is -0.320 e. The number of carbonyl (C=O) groups excluding carboxylic acids is 1. The summed E-state index contributed by atoms with van der Waals surface area (Å²) in [5, 5.41) is 0. The molecule has 1 amide bonds. The van der Waals surface area contributed by atoms with Crippen LogP contribution in [-0.4, -0.2) is 23.8 Å². The van der Waals surface area contributed by atoms with Gasteiger partial charge in [-0.15, -0.1) is 0 Å². The lowest BCUT2D eigenvalue weighted by Gasteiger charge is -2.25. The summed E-state index contributed by atoms with van der Waals surface area (Å²) in [5.41, 5.74) is 2.34. The fraction of sp³-hybridized carbons (Fsp3) is 0.562. The summed E-state index contributed by atoms with van der Waals surface area (Å²) in [6.45, 7) is 11.8. The Balaban J connectivity index is 2.25. The van der Waals surface area contributed by atoms with Gasteiger partial charge in [0, 0.05) is 15.0 Å². The van der Waals surface area contributed by atoms with Gasteiger partial charge < -0.3 is 4.67 Å². The van der Waals surface area contributed by atoms with Crippen LogP contribution in [0.5, 0.6) is 0 Å². The smallest absolute Gasteiger partial charge is 0.236 e. The first-order chi connectivity index (χ1) is 9.29. The predicted molar refractivity (Wildman–Crippen MR) is 91.4 cm³/mol. The van der Waals surface area contributed by atoms with Crippen molar-refractivity contribution in [3.63, 3.8) is 0 Å². The molecule has 4 heteroatoms. The van der Waals surface area contributed by atoms with Crippen molar-refractivity contribution >= 4 is 22.6 Å². The molecular weight excluding hydrogens is 284 g/mol. The molecule has 0 aliphatic carbocycles. The Bertz CT molecular complexity index is 492. The van der Waals surface area contributed by atoms with Crippen LogP contribution in [0.4, 0.5) is 0 Å². The minimum absolute atomic E-state index is 0.163. The zero-order valence-electron chi connectivity index (χ0n) is 13.1. The Labute approximate surface area is 126 Å². The molecule has 3 atom stereocenters. The van der Waals surface area contributed by atoms with Crippen LogP contribution < -0.4 is 0 Å². The van der Waals surface area contributed by atoms with Gasteiger partial charge >= 0.3 is 0 Å². The number of hydrogen-bond donors (Lipinski definition) is 0. The highest BCUT2D eigenvalue weighted by molar-refractivity contribution is 8.10. The van der Waals surface area contributed by atoms with Crippen molar-refractivity contribution in [1.29, 1.82) is 0 Å². The fourth-order valence-corrected chi connectivity index (χ4v) is 4.98. The van der Waals surface area contributed by atoms with E-state index < -0.39 is 0 Å². The molecule has 1 aromatic rings. The lowest BCUT2D eigenvalue weighted by Crippen LogP contribution is -2.31. The highest BCUT2D eigenvalue weighted by atomic mass is 32.0. The second-order valence-corrected chi connectivity index (χ2v) is 10.2. The maximum Gasteiger partial charge on any atom is 0.236 e. The molecule has 0 spiro atoms. The Morgan fingerprint density at radius 1 is 1.20 bits per heavy atom. The largest absolute Gasteiger partial charge is 0.320 e. The normalized spacial score (nSPS) is 24.6. The Hall–Kier alpha value is -0.450. The van der Waals surface area contributed by atoms with Crippen molar-refractivity contribution in [2.75, 3.05) is 13.2 Å². The second-order valence-electron chi connectivity index (χ2n) is 6.73. The molecule has 0 saturated carbocycles. The first-order valence-electron chi connectivity index (χ1n) is 7.14. The van der Waals surface area contributed by atoms with Crippen molar-refractivity contribution in [3.05, 3.63) is 35.4 Å². The molecule has 1 aromatic carbocycles. The Kier molecular flexibility index (Phi) is 4.57. The molecule has 110 valence electrons. The van der Waals surface area contributed by atoms with Crippen LogP contribution in [0.3, 0.4) is 0 Å². The quantitative estimate of drug-likeness (QED) is 0.763. The van der Waals surface area contributed by atoms with Gasteiger partial charge in [-0.05, 0) is 36.6 Å². The average Bonchev–Trinajstić information content (AvgIpc) is 2.68. The summed E-state index contributed by atoms with van der Waals surface area (Å²) in [7, 11) is 1.50. The summed E-state index contributed by atoms with van der Waals surface area (Å²) in [6, 6.07) is 8.67. The van der Waals surface area contributed by atoms with Crippen molar-refractivity contribution < 1.29 is 4.79 Å². The molecular formula is C16H25NOP2. The zero-order valence-corrected chi connectivity index (χ0v) is 15.1. The summed E-state index contributed by atoms with van der Waals surface area (Å²) in [5.74, 6) is 0.314. The number of hydrogen-bond acceptors (Lipinski definition) is 1. The topological polar surface area (TPSA) is 20.3 Å². The van der Waals surface area contributed by atoms with Gasteiger partial charge in [0.1, 0.15) is 0 Å². The molecule has 20 heavy (non-hydrogen) atoms. The first-order valence-corrected chi connectivity index (χ1v) is 10.6. The van der Waals surface area contributed by atoms with Gasteiger partial charge in [-0.25, -0.2) is 0 Å². The monoisotopic (exact) mass is 309 g/mol. The van der Waals surface area contributed by atoms with E-state index in [0.717, 1.165) is 21.2 Å². The lowest BCUT2D eigenvalue weighted by atomic mass is 9.79. The van der Waals surface area contributed by atoms with Crippen LogP contribution in [-0.2, 0) is 15.6 Å². The van der Waals surface area contributed by atoms with E-state index in [0.29, 0.717) is 14.3 Å². The number of benzene rings is 1. The molecule has 0 bridgehead atoms. The maximum atomic E-state index is 12.6. The molecule has 0 N–H and O–H groups in total. The number of carbonyl (C=O) groups is 1. The van der Waals surface area contributed by atoms with Crippen LogP contribution in [0.25, 0.3) is 0 Å². The van der Waals surface area contributed by atoms with Gasteiger partial charge in [0.15, 0.2) is 0 Å². The maximum absolute atomic E-state index is 12.6. The van der Waals surface area contributed by atoms with E-state index in [2.05, 4.69) is 63.3 Å². The van der Waals surface area contributed by atoms with Crippen molar-refractivity contribution in [1.82, 2.24) is 4.67 Å². The van der Waals surface area contributed by atoms with Crippen LogP contribution in [0.15, 0.2) is 24.3 Å². The molecule has 0 radical (unpaired) electrons. The second kappa shape index (κ2) is 5.74.